The molecule has 5 nitrogen and oxygen atoms in total. The van der Waals surface area contributed by atoms with Gasteiger partial charge in [0.25, 0.3) is 0 Å². The van der Waals surface area contributed by atoms with Gasteiger partial charge in [0.15, 0.2) is 0 Å². The average molecular weight is 450 g/mol. The van der Waals surface area contributed by atoms with Crippen molar-refractivity contribution in [3.05, 3.63) is 60.2 Å². The Balaban J connectivity index is 1.14. The highest BCUT2D eigenvalue weighted by atomic mass is 15.2. The van der Waals surface area contributed by atoms with E-state index in [-0.39, 0.29) is 0 Å². The smallest absolute Gasteiger partial charge is 0.0363 e. The van der Waals surface area contributed by atoms with Gasteiger partial charge in [0.1, 0.15) is 0 Å². The molecule has 2 aliphatic rings. The summed E-state index contributed by atoms with van der Waals surface area (Å²) in [6, 6.07) is 9.70. The topological polar surface area (TPSA) is 35.5 Å². The molecule has 2 aromatic rings. The Kier molecular flexibility index (Phi) is 8.88. The Morgan fingerprint density at radius 3 is 1.70 bits per heavy atom. The third-order valence-electron chi connectivity index (χ3n) is 8.03. The molecule has 2 aromatic heterocycles. The van der Waals surface area contributed by atoms with Crippen molar-refractivity contribution in [2.75, 3.05) is 46.8 Å². The van der Waals surface area contributed by atoms with Gasteiger partial charge in [-0.15, -0.1) is 0 Å². The minimum atomic E-state index is 0.547. The summed E-state index contributed by atoms with van der Waals surface area (Å²) >= 11 is 0. The minimum absolute atomic E-state index is 0.547. The number of pyridine rings is 2. The van der Waals surface area contributed by atoms with E-state index < -0.39 is 0 Å². The van der Waals surface area contributed by atoms with E-state index in [1.54, 1.807) is 0 Å². The van der Waals surface area contributed by atoms with E-state index in [2.05, 4.69) is 70.0 Å². The van der Waals surface area contributed by atoms with Gasteiger partial charge >= 0.3 is 0 Å². The maximum Gasteiger partial charge on any atom is 0.0363 e. The summed E-state index contributed by atoms with van der Waals surface area (Å²) < 4.78 is 0. The van der Waals surface area contributed by atoms with Gasteiger partial charge in [-0.1, -0.05) is 19.1 Å². The summed E-state index contributed by atoms with van der Waals surface area (Å²) in [5.41, 5.74) is 2.75. The van der Waals surface area contributed by atoms with Crippen LogP contribution in [-0.4, -0.2) is 71.5 Å². The molecule has 4 atom stereocenters. The van der Waals surface area contributed by atoms with Gasteiger partial charge in [0.2, 0.25) is 0 Å². The summed E-state index contributed by atoms with van der Waals surface area (Å²) in [6.07, 6.45) is 15.7. The standard InChI is InChI=1S/C28H43N5/c1-4-33(15-7-9-23-17-27(31(2)21-23)25-11-5-13-29-19-25)16-8-10-24-18-28(32(3)22-24)26-12-6-14-30-20-26/h5-6,11-14,19-20,23-24,27-28H,4,7-10,15-18,21-22H2,1-3H3. The third kappa shape index (κ3) is 6.62. The minimum Gasteiger partial charge on any atom is -0.304 e. The summed E-state index contributed by atoms with van der Waals surface area (Å²) in [4.78, 5) is 16.4. The van der Waals surface area contributed by atoms with Gasteiger partial charge in [-0.3, -0.25) is 19.8 Å². The van der Waals surface area contributed by atoms with Crippen molar-refractivity contribution in [1.82, 2.24) is 24.7 Å². The lowest BCUT2D eigenvalue weighted by molar-refractivity contribution is 0.259. The molecule has 0 bridgehead atoms. The lowest BCUT2D eigenvalue weighted by Crippen LogP contribution is -2.27. The molecule has 2 aliphatic heterocycles. The van der Waals surface area contributed by atoms with Crippen molar-refractivity contribution < 1.29 is 0 Å². The molecule has 0 N–H and O–H groups in total. The zero-order chi connectivity index (χ0) is 23.0. The van der Waals surface area contributed by atoms with Crippen LogP contribution in [0.2, 0.25) is 0 Å². The molecule has 0 amide bonds. The van der Waals surface area contributed by atoms with Crippen LogP contribution >= 0.6 is 0 Å². The number of rotatable bonds is 11. The Hall–Kier alpha value is -1.82. The second-order valence-corrected chi connectivity index (χ2v) is 10.4. The van der Waals surface area contributed by atoms with E-state index in [0.717, 1.165) is 11.8 Å². The molecule has 2 saturated heterocycles. The van der Waals surface area contributed by atoms with E-state index in [0.29, 0.717) is 12.1 Å². The lowest BCUT2D eigenvalue weighted by Gasteiger charge is -2.22. The third-order valence-corrected chi connectivity index (χ3v) is 8.03. The largest absolute Gasteiger partial charge is 0.304 e. The first-order valence-electron chi connectivity index (χ1n) is 13.1. The molecule has 2 fully saturated rings. The highest BCUT2D eigenvalue weighted by Gasteiger charge is 2.31. The quantitative estimate of drug-likeness (QED) is 0.480. The van der Waals surface area contributed by atoms with E-state index in [1.165, 1.54) is 82.4 Å². The van der Waals surface area contributed by atoms with Crippen molar-refractivity contribution >= 4 is 0 Å². The number of hydrogen-bond acceptors (Lipinski definition) is 5. The molecule has 0 radical (unpaired) electrons. The van der Waals surface area contributed by atoms with E-state index >= 15 is 0 Å². The second kappa shape index (κ2) is 12.0. The Labute approximate surface area is 201 Å². The van der Waals surface area contributed by atoms with Crippen LogP contribution in [-0.2, 0) is 0 Å². The van der Waals surface area contributed by atoms with Crippen LogP contribution in [0.15, 0.2) is 49.1 Å². The first-order valence-corrected chi connectivity index (χ1v) is 13.1. The molecule has 4 heterocycles. The van der Waals surface area contributed by atoms with Crippen molar-refractivity contribution in [3.8, 4) is 0 Å². The van der Waals surface area contributed by atoms with Crippen LogP contribution in [0.5, 0.6) is 0 Å². The maximum atomic E-state index is 4.33. The average Bonchev–Trinajstić information content (AvgIpc) is 3.41. The molecular formula is C28H43N5. The highest BCUT2D eigenvalue weighted by molar-refractivity contribution is 5.16. The molecule has 0 saturated carbocycles. The lowest BCUT2D eigenvalue weighted by atomic mass is 9.96. The summed E-state index contributed by atoms with van der Waals surface area (Å²) in [5, 5.41) is 0. The number of aromatic nitrogens is 2. The highest BCUT2D eigenvalue weighted by Crippen LogP contribution is 2.37. The predicted octanol–water partition coefficient (Wildman–Crippen LogP) is 5.04. The second-order valence-electron chi connectivity index (χ2n) is 10.4. The van der Waals surface area contributed by atoms with Gasteiger partial charge in [-0.25, -0.2) is 0 Å². The SMILES string of the molecule is CCN(CCCC1CC(c2cccnc2)N(C)C1)CCCC1CC(c2cccnc2)N(C)C1. The molecule has 4 unspecified atom stereocenters. The predicted molar refractivity (Wildman–Crippen MR) is 136 cm³/mol. The van der Waals surface area contributed by atoms with Gasteiger partial charge in [0, 0.05) is 50.0 Å². The van der Waals surface area contributed by atoms with Crippen LogP contribution in [0.4, 0.5) is 0 Å². The van der Waals surface area contributed by atoms with Crippen LogP contribution in [0, 0.1) is 11.8 Å². The Morgan fingerprint density at radius 1 is 0.818 bits per heavy atom. The molecular weight excluding hydrogens is 406 g/mol. The summed E-state index contributed by atoms with van der Waals surface area (Å²) in [6.45, 7) is 8.43. The van der Waals surface area contributed by atoms with Gasteiger partial charge in [-0.05, 0) is 107 Å². The van der Waals surface area contributed by atoms with Crippen LogP contribution in [0.1, 0.15) is 68.7 Å². The molecule has 0 aliphatic carbocycles. The van der Waals surface area contributed by atoms with Gasteiger partial charge in [0.05, 0.1) is 0 Å². The van der Waals surface area contributed by atoms with Crippen molar-refractivity contribution in [2.45, 2.75) is 57.5 Å². The summed E-state index contributed by atoms with van der Waals surface area (Å²) in [7, 11) is 4.55. The fourth-order valence-electron chi connectivity index (χ4n) is 6.19. The van der Waals surface area contributed by atoms with Gasteiger partial charge < -0.3 is 4.90 Å². The molecule has 4 rings (SSSR count). The Bertz CT molecular complexity index is 746. The van der Waals surface area contributed by atoms with Crippen molar-refractivity contribution in [1.29, 1.82) is 0 Å². The van der Waals surface area contributed by atoms with Gasteiger partial charge in [-0.2, -0.15) is 0 Å². The maximum absolute atomic E-state index is 4.33. The van der Waals surface area contributed by atoms with Crippen molar-refractivity contribution in [3.63, 3.8) is 0 Å². The zero-order valence-corrected chi connectivity index (χ0v) is 20.9. The number of nitrogens with zero attached hydrogens (tertiary/aromatic N) is 5. The zero-order valence-electron chi connectivity index (χ0n) is 20.9. The van der Waals surface area contributed by atoms with Crippen LogP contribution < -0.4 is 0 Å². The molecule has 0 spiro atoms. The summed E-state index contributed by atoms with van der Waals surface area (Å²) in [5.74, 6) is 1.63. The van der Waals surface area contributed by atoms with Crippen LogP contribution in [0.25, 0.3) is 0 Å². The molecule has 5 heteroatoms. The van der Waals surface area contributed by atoms with E-state index in [1.807, 2.05) is 24.8 Å². The molecule has 33 heavy (non-hydrogen) atoms. The fourth-order valence-corrected chi connectivity index (χ4v) is 6.19. The van der Waals surface area contributed by atoms with Crippen LogP contribution in [0.3, 0.4) is 0 Å². The van der Waals surface area contributed by atoms with E-state index in [4.69, 9.17) is 0 Å². The Morgan fingerprint density at radius 2 is 1.30 bits per heavy atom. The normalized spacial score (nSPS) is 26.4. The first-order chi connectivity index (χ1) is 16.1. The number of likely N-dealkylation sites (tertiary alicyclic amines) is 2. The van der Waals surface area contributed by atoms with Crippen molar-refractivity contribution in [2.24, 2.45) is 11.8 Å². The molecule has 0 aromatic carbocycles. The van der Waals surface area contributed by atoms with E-state index in [9.17, 15) is 0 Å². The number of hydrogen-bond donors (Lipinski definition) is 0. The molecule has 180 valence electrons. The fraction of sp³-hybridized carbons (Fsp3) is 0.643. The monoisotopic (exact) mass is 449 g/mol. The first kappa shape index (κ1) is 24.3.